The Morgan fingerprint density at radius 2 is 1.71 bits per heavy atom. The maximum Gasteiger partial charge on any atom is 0.373 e. The molecule has 0 saturated heterocycles. The number of aromatic nitrogens is 2. The fraction of sp³-hybridized carbons (Fsp3) is 0. The molecule has 4 aromatic rings. The summed E-state index contributed by atoms with van der Waals surface area (Å²) < 4.78 is 19.6. The zero-order valence-electron chi connectivity index (χ0n) is 14.4. The fourth-order valence-corrected chi connectivity index (χ4v) is 2.73. The molecule has 1 heterocycles. The molecule has 0 atom stereocenters. The lowest BCUT2D eigenvalue weighted by Gasteiger charge is -2.10. The number of nitro groups is 1. The molecule has 0 spiro atoms. The highest BCUT2D eigenvalue weighted by molar-refractivity contribution is 5.83. The average Bonchev–Trinajstić information content (AvgIpc) is 2.69. The summed E-state index contributed by atoms with van der Waals surface area (Å²) in [6, 6.07) is 18.7. The third kappa shape index (κ3) is 3.43. The van der Waals surface area contributed by atoms with E-state index in [1.165, 1.54) is 18.2 Å². The van der Waals surface area contributed by atoms with Crippen molar-refractivity contribution in [2.24, 2.45) is 0 Å². The van der Waals surface area contributed by atoms with E-state index >= 15 is 0 Å². The number of hydrogen-bond acceptors (Lipinski definition) is 6. The van der Waals surface area contributed by atoms with E-state index in [4.69, 9.17) is 4.74 Å². The van der Waals surface area contributed by atoms with E-state index in [2.05, 4.69) is 15.3 Å². The smallest absolute Gasteiger partial charge is 0.373 e. The van der Waals surface area contributed by atoms with Crippen molar-refractivity contribution in [3.05, 3.63) is 89.0 Å². The highest BCUT2D eigenvalue weighted by Crippen LogP contribution is 2.36. The number of nitrogens with zero attached hydrogens (tertiary/aromatic N) is 3. The molecule has 1 aromatic heterocycles. The Hall–Kier alpha value is -4.07. The van der Waals surface area contributed by atoms with E-state index in [9.17, 15) is 14.5 Å². The molecule has 138 valence electrons. The molecule has 0 bridgehead atoms. The van der Waals surface area contributed by atoms with Crippen LogP contribution >= 0.6 is 0 Å². The maximum atomic E-state index is 13.9. The van der Waals surface area contributed by atoms with Gasteiger partial charge < -0.3 is 10.1 Å². The summed E-state index contributed by atoms with van der Waals surface area (Å²) >= 11 is 0. The minimum atomic E-state index is -0.667. The van der Waals surface area contributed by atoms with Gasteiger partial charge in [-0.05, 0) is 35.0 Å². The van der Waals surface area contributed by atoms with Crippen LogP contribution in [0.1, 0.15) is 0 Å². The van der Waals surface area contributed by atoms with Gasteiger partial charge in [0.25, 0.3) is 0 Å². The third-order valence-corrected chi connectivity index (χ3v) is 4.03. The average molecular weight is 376 g/mol. The van der Waals surface area contributed by atoms with Crippen molar-refractivity contribution in [3.63, 3.8) is 0 Å². The summed E-state index contributed by atoms with van der Waals surface area (Å²) in [6.45, 7) is 0. The van der Waals surface area contributed by atoms with Crippen LogP contribution in [0.2, 0.25) is 0 Å². The molecule has 0 unspecified atom stereocenters. The molecule has 0 amide bonds. The maximum absolute atomic E-state index is 13.9. The van der Waals surface area contributed by atoms with Gasteiger partial charge in [-0.15, -0.1) is 0 Å². The van der Waals surface area contributed by atoms with E-state index < -0.39 is 16.4 Å². The quantitative estimate of drug-likeness (QED) is 0.380. The predicted molar refractivity (Wildman–Crippen MR) is 102 cm³/mol. The van der Waals surface area contributed by atoms with Gasteiger partial charge in [0.1, 0.15) is 17.9 Å². The van der Waals surface area contributed by atoms with Gasteiger partial charge in [-0.1, -0.05) is 42.5 Å². The number of hydrogen-bond donors (Lipinski definition) is 1. The number of rotatable bonds is 5. The Kier molecular flexibility index (Phi) is 4.51. The molecule has 0 radical (unpaired) electrons. The van der Waals surface area contributed by atoms with Crippen LogP contribution in [0.4, 0.5) is 21.6 Å². The largest absolute Gasteiger partial charge is 0.434 e. The standard InChI is InChI=1S/C20H13FN4O3/c21-16-7-3-4-8-17(16)24-19-18(25(26)27)20(23-12-22-19)28-15-10-9-13-5-1-2-6-14(13)11-15/h1-12H,(H,22,23,24). The fourth-order valence-electron chi connectivity index (χ4n) is 2.73. The van der Waals surface area contributed by atoms with Crippen LogP contribution < -0.4 is 10.1 Å². The summed E-state index contributed by atoms with van der Waals surface area (Å²) in [6.07, 6.45) is 1.12. The Morgan fingerprint density at radius 3 is 2.50 bits per heavy atom. The van der Waals surface area contributed by atoms with Gasteiger partial charge in [0.05, 0.1) is 10.6 Å². The van der Waals surface area contributed by atoms with E-state index in [1.807, 2.05) is 30.3 Å². The number of ether oxygens (including phenoxy) is 1. The van der Waals surface area contributed by atoms with Crippen LogP contribution in [0.5, 0.6) is 11.6 Å². The monoisotopic (exact) mass is 376 g/mol. The number of para-hydroxylation sites is 1. The summed E-state index contributed by atoms with van der Waals surface area (Å²) in [7, 11) is 0. The van der Waals surface area contributed by atoms with Gasteiger partial charge in [0.15, 0.2) is 0 Å². The molecule has 1 N–H and O–H groups in total. The minimum Gasteiger partial charge on any atom is -0.434 e. The highest BCUT2D eigenvalue weighted by Gasteiger charge is 2.25. The van der Waals surface area contributed by atoms with Crippen LogP contribution in [-0.4, -0.2) is 14.9 Å². The molecule has 3 aromatic carbocycles. The lowest BCUT2D eigenvalue weighted by atomic mass is 10.1. The number of nitrogens with one attached hydrogen (secondary N) is 1. The zero-order chi connectivity index (χ0) is 19.5. The molecule has 0 saturated carbocycles. The molecule has 4 rings (SSSR count). The van der Waals surface area contributed by atoms with Gasteiger partial charge >= 0.3 is 11.6 Å². The predicted octanol–water partition coefficient (Wildman–Crippen LogP) is 5.21. The number of benzene rings is 3. The van der Waals surface area contributed by atoms with Crippen LogP contribution in [-0.2, 0) is 0 Å². The normalized spacial score (nSPS) is 10.6. The lowest BCUT2D eigenvalue weighted by Crippen LogP contribution is -2.04. The molecule has 0 aliphatic carbocycles. The first-order chi connectivity index (χ1) is 13.6. The second kappa shape index (κ2) is 7.28. The van der Waals surface area contributed by atoms with Crippen LogP contribution in [0, 0.1) is 15.9 Å². The number of anilines is 2. The Morgan fingerprint density at radius 1 is 0.964 bits per heavy atom. The van der Waals surface area contributed by atoms with Gasteiger partial charge in [-0.25, -0.2) is 9.37 Å². The third-order valence-electron chi connectivity index (χ3n) is 4.03. The van der Waals surface area contributed by atoms with Crippen molar-refractivity contribution >= 4 is 28.0 Å². The minimum absolute atomic E-state index is 0.0564. The van der Waals surface area contributed by atoms with E-state index in [0.29, 0.717) is 5.75 Å². The Balaban J connectivity index is 1.72. The van der Waals surface area contributed by atoms with E-state index in [-0.39, 0.29) is 17.4 Å². The Labute approximate surface area is 158 Å². The first kappa shape index (κ1) is 17.3. The van der Waals surface area contributed by atoms with Crippen molar-refractivity contribution < 1.29 is 14.1 Å². The second-order valence-corrected chi connectivity index (χ2v) is 5.85. The van der Waals surface area contributed by atoms with Crippen molar-refractivity contribution in [3.8, 4) is 11.6 Å². The Bertz CT molecular complexity index is 1180. The lowest BCUT2D eigenvalue weighted by molar-refractivity contribution is -0.385. The molecule has 8 heteroatoms. The first-order valence-electron chi connectivity index (χ1n) is 8.29. The molecule has 28 heavy (non-hydrogen) atoms. The summed E-state index contributed by atoms with van der Waals surface area (Å²) in [5, 5.41) is 16.2. The molecule has 0 aliphatic heterocycles. The second-order valence-electron chi connectivity index (χ2n) is 5.85. The van der Waals surface area contributed by atoms with Crippen molar-refractivity contribution in [1.82, 2.24) is 9.97 Å². The van der Waals surface area contributed by atoms with Crippen molar-refractivity contribution in [2.45, 2.75) is 0 Å². The summed E-state index contributed by atoms with van der Waals surface area (Å²) in [5.74, 6) is -0.584. The highest BCUT2D eigenvalue weighted by atomic mass is 19.1. The van der Waals surface area contributed by atoms with Crippen molar-refractivity contribution in [2.75, 3.05) is 5.32 Å². The SMILES string of the molecule is O=[N+]([O-])c1c(Nc2ccccc2F)ncnc1Oc1ccc2ccccc2c1. The van der Waals surface area contributed by atoms with E-state index in [0.717, 1.165) is 17.1 Å². The van der Waals surface area contributed by atoms with Gasteiger partial charge in [-0.3, -0.25) is 10.1 Å². The molecular weight excluding hydrogens is 363 g/mol. The molecule has 7 nitrogen and oxygen atoms in total. The topological polar surface area (TPSA) is 90.2 Å². The van der Waals surface area contributed by atoms with Gasteiger partial charge in [0, 0.05) is 0 Å². The molecule has 0 fully saturated rings. The summed E-state index contributed by atoms with van der Waals surface area (Å²) in [5.41, 5.74) is -0.431. The van der Waals surface area contributed by atoms with Crippen LogP contribution in [0.25, 0.3) is 10.8 Å². The number of fused-ring (bicyclic) bond motifs is 1. The van der Waals surface area contributed by atoms with Gasteiger partial charge in [-0.2, -0.15) is 4.98 Å². The van der Waals surface area contributed by atoms with Crippen LogP contribution in [0.3, 0.4) is 0 Å². The molecular formula is C20H13FN4O3. The summed E-state index contributed by atoms with van der Waals surface area (Å²) in [4.78, 5) is 18.7. The van der Waals surface area contributed by atoms with Crippen molar-refractivity contribution in [1.29, 1.82) is 0 Å². The van der Waals surface area contributed by atoms with E-state index in [1.54, 1.807) is 18.2 Å². The van der Waals surface area contributed by atoms with Gasteiger partial charge in [0.2, 0.25) is 5.82 Å². The first-order valence-corrected chi connectivity index (χ1v) is 8.29. The number of halogens is 1. The van der Waals surface area contributed by atoms with Crippen LogP contribution in [0.15, 0.2) is 73.1 Å². The zero-order valence-corrected chi connectivity index (χ0v) is 14.4. The molecule has 0 aliphatic rings.